The Labute approximate surface area is 429 Å². The maximum absolute atomic E-state index is 13.7. The summed E-state index contributed by atoms with van der Waals surface area (Å²) in [5.41, 5.74) is 0.577. The second-order valence-corrected chi connectivity index (χ2v) is 18.8. The fraction of sp³-hybridized carbons (Fsp3) is 0.480. The van der Waals surface area contributed by atoms with E-state index in [0.717, 1.165) is 28.6 Å². The molecule has 3 aromatic rings. The number of rotatable bonds is 31. The number of piperidine rings is 1. The number of likely N-dealkylation sites (tertiary alicyclic amines) is 1. The van der Waals surface area contributed by atoms with Crippen molar-refractivity contribution in [2.75, 3.05) is 33.2 Å². The van der Waals surface area contributed by atoms with Gasteiger partial charge in [-0.05, 0) is 66.8 Å². The first-order valence-corrected chi connectivity index (χ1v) is 24.3. The lowest BCUT2D eigenvalue weighted by molar-refractivity contribution is -0.907. The number of carboxylic acids is 5. The molecule has 5 unspecified atom stereocenters. The van der Waals surface area contributed by atoms with Crippen LogP contribution in [0.15, 0.2) is 60.8 Å². The number of halogens is 1. The highest BCUT2D eigenvalue weighted by atomic mass is 18.2. The molecule has 1 aromatic heterocycles. The molecule has 0 saturated carbocycles. The van der Waals surface area contributed by atoms with Crippen molar-refractivity contribution in [3.05, 3.63) is 77.9 Å². The van der Waals surface area contributed by atoms with Crippen LogP contribution in [0.4, 0.5) is 9.18 Å². The number of aromatic nitrogens is 1. The lowest BCUT2D eigenvalue weighted by Crippen LogP contribution is -2.57. The van der Waals surface area contributed by atoms with E-state index >= 15 is 0 Å². The summed E-state index contributed by atoms with van der Waals surface area (Å²) in [5, 5.41) is 63.4. The van der Waals surface area contributed by atoms with Crippen LogP contribution in [-0.2, 0) is 49.6 Å². The monoisotopic (exact) mass is 1050 g/mol. The molecular weight excluding hydrogens is 987 g/mol. The smallest absolute Gasteiger partial charge is 0.326 e. The number of nitrogens with zero attached hydrogens (tertiary/aromatic N) is 2. The highest BCUT2D eigenvalue weighted by molar-refractivity contribution is 5.96. The van der Waals surface area contributed by atoms with Gasteiger partial charge in [-0.2, -0.15) is 4.39 Å². The number of hydrogen-bond donors (Lipinski definition) is 11. The Kier molecular flexibility index (Phi) is 23.0. The van der Waals surface area contributed by atoms with Gasteiger partial charge in [0.05, 0.1) is 20.1 Å². The Morgan fingerprint density at radius 3 is 1.84 bits per heavy atom. The van der Waals surface area contributed by atoms with Crippen molar-refractivity contribution in [3.8, 4) is 0 Å². The Bertz CT molecular complexity index is 2570. The SMILES string of the molecule is C[N+]1(CC(=O)NC(Cc2ccc3ccccc3c2)C(=O)NCCCCC(NC(=O)NC(CCC(=O)O)C(=O)O)C(=O)O)CCC(CC(=O)CCC(NC(=O)CCC(NC(=O)c2ccnc([18F])c2)C(=O)O)C(=O)O)CC1. The molecule has 5 atom stereocenters. The van der Waals surface area contributed by atoms with E-state index in [-0.39, 0.29) is 75.3 Å². The Morgan fingerprint density at radius 1 is 0.640 bits per heavy atom. The van der Waals surface area contributed by atoms with Gasteiger partial charge in [-0.15, -0.1) is 0 Å². The number of urea groups is 1. The maximum Gasteiger partial charge on any atom is 0.326 e. The number of carboxylic acid groups (broad SMARTS) is 5. The number of ketones is 1. The number of hydrogen-bond acceptors (Lipinski definition) is 12. The first-order chi connectivity index (χ1) is 35.5. The zero-order valence-corrected chi connectivity index (χ0v) is 41.3. The van der Waals surface area contributed by atoms with Crippen molar-refractivity contribution in [1.29, 1.82) is 0 Å². The lowest BCUT2D eigenvalue weighted by atomic mass is 9.89. The number of fused-ring (bicyclic) bond motifs is 1. The third-order valence-corrected chi connectivity index (χ3v) is 12.8. The highest BCUT2D eigenvalue weighted by Crippen LogP contribution is 2.26. The summed E-state index contributed by atoms with van der Waals surface area (Å²) < 4.78 is 13.7. The Balaban J connectivity index is 1.25. The fourth-order valence-electron chi connectivity index (χ4n) is 8.52. The van der Waals surface area contributed by atoms with Gasteiger partial charge in [0, 0.05) is 69.3 Å². The van der Waals surface area contributed by atoms with Gasteiger partial charge in [0.1, 0.15) is 36.0 Å². The van der Waals surface area contributed by atoms with Gasteiger partial charge in [0.2, 0.25) is 17.8 Å². The molecule has 0 bridgehead atoms. The van der Waals surface area contributed by atoms with Crippen LogP contribution in [0.1, 0.15) is 93.0 Å². The number of amides is 6. The zero-order valence-electron chi connectivity index (χ0n) is 41.3. The summed E-state index contributed by atoms with van der Waals surface area (Å²) in [4.78, 5) is 139. The highest BCUT2D eigenvalue weighted by Gasteiger charge is 2.35. The van der Waals surface area contributed by atoms with Gasteiger partial charge < -0.3 is 61.9 Å². The molecule has 0 aliphatic carbocycles. The quantitative estimate of drug-likeness (QED) is 0.0248. The molecule has 6 amide bonds. The first kappa shape index (κ1) is 59.5. The molecule has 1 aliphatic heterocycles. The molecule has 2 aromatic carbocycles. The lowest BCUT2D eigenvalue weighted by Gasteiger charge is -2.40. The molecule has 0 spiro atoms. The van der Waals surface area contributed by atoms with E-state index < -0.39 is 121 Å². The van der Waals surface area contributed by atoms with Crippen molar-refractivity contribution in [2.24, 2.45) is 5.92 Å². The molecule has 75 heavy (non-hydrogen) atoms. The number of pyridine rings is 1. The number of carbonyl (C=O) groups excluding carboxylic acids is 6. The van der Waals surface area contributed by atoms with Crippen LogP contribution >= 0.6 is 0 Å². The summed E-state index contributed by atoms with van der Waals surface area (Å²) in [6.45, 7) is 1.11. The molecule has 24 nitrogen and oxygen atoms in total. The van der Waals surface area contributed by atoms with Crippen LogP contribution in [0.3, 0.4) is 0 Å². The largest absolute Gasteiger partial charge is 0.481 e. The number of carbonyl (C=O) groups is 11. The molecule has 1 aliphatic rings. The van der Waals surface area contributed by atoms with Gasteiger partial charge in [-0.1, -0.05) is 42.5 Å². The number of nitrogens with one attached hydrogen (secondary N) is 6. The van der Waals surface area contributed by atoms with Crippen LogP contribution in [0.25, 0.3) is 10.8 Å². The van der Waals surface area contributed by atoms with Gasteiger partial charge >= 0.3 is 35.9 Å². The average Bonchev–Trinajstić information content (AvgIpc) is 3.34. The van der Waals surface area contributed by atoms with E-state index in [2.05, 4.69) is 36.9 Å². The van der Waals surface area contributed by atoms with E-state index in [1.807, 2.05) is 49.5 Å². The summed E-state index contributed by atoms with van der Waals surface area (Å²) in [6, 6.07) is 7.15. The summed E-state index contributed by atoms with van der Waals surface area (Å²) in [5.74, 6) is -11.0. The maximum atomic E-state index is 13.7. The summed E-state index contributed by atoms with van der Waals surface area (Å²) >= 11 is 0. The van der Waals surface area contributed by atoms with E-state index in [1.165, 1.54) is 6.07 Å². The molecule has 11 N–H and O–H groups in total. The van der Waals surface area contributed by atoms with Crippen molar-refractivity contribution in [3.63, 3.8) is 0 Å². The Morgan fingerprint density at radius 2 is 1.21 bits per heavy atom. The fourth-order valence-corrected chi connectivity index (χ4v) is 8.52. The second-order valence-electron chi connectivity index (χ2n) is 18.8. The van der Waals surface area contributed by atoms with Crippen molar-refractivity contribution in [1.82, 2.24) is 36.9 Å². The third-order valence-electron chi connectivity index (χ3n) is 12.8. The molecule has 4 rings (SSSR count). The average molecular weight is 1050 g/mol. The van der Waals surface area contributed by atoms with E-state index in [9.17, 15) is 77.6 Å². The van der Waals surface area contributed by atoms with Crippen LogP contribution < -0.4 is 31.9 Å². The van der Waals surface area contributed by atoms with Crippen molar-refractivity contribution < 1.29 is 87.1 Å². The molecule has 1 saturated heterocycles. The van der Waals surface area contributed by atoms with Gasteiger partial charge in [0.15, 0.2) is 6.54 Å². The first-order valence-electron chi connectivity index (χ1n) is 24.3. The van der Waals surface area contributed by atoms with Crippen LogP contribution in [-0.4, -0.2) is 164 Å². The van der Waals surface area contributed by atoms with Crippen molar-refractivity contribution in [2.45, 2.75) is 114 Å². The number of quaternary nitrogens is 1. The number of unbranched alkanes of at least 4 members (excludes halogenated alkanes) is 1. The van der Waals surface area contributed by atoms with Gasteiger partial charge in [0.25, 0.3) is 11.8 Å². The minimum absolute atomic E-state index is 0.0103. The molecule has 25 heteroatoms. The van der Waals surface area contributed by atoms with Crippen LogP contribution in [0.5, 0.6) is 0 Å². The third kappa shape index (κ3) is 20.7. The summed E-state index contributed by atoms with van der Waals surface area (Å²) in [6.07, 6.45) is 0.514. The van der Waals surface area contributed by atoms with Crippen molar-refractivity contribution >= 4 is 76.1 Å². The molecule has 1 fully saturated rings. The number of likely N-dealkylation sites (N-methyl/N-ethyl adjacent to an activating group) is 1. The molecule has 406 valence electrons. The predicted molar refractivity (Wildman–Crippen MR) is 262 cm³/mol. The van der Waals surface area contributed by atoms with Gasteiger partial charge in [-0.25, -0.2) is 29.0 Å². The molecular formula is C50H64FN8O16+. The predicted octanol–water partition coefficient (Wildman–Crippen LogP) is 1.59. The van der Waals surface area contributed by atoms with E-state index in [0.29, 0.717) is 30.4 Å². The Hall–Kier alpha value is -8.09. The van der Waals surface area contributed by atoms with E-state index in [1.54, 1.807) is 0 Å². The summed E-state index contributed by atoms with van der Waals surface area (Å²) in [7, 11) is 1.89. The standard InChI is InChI=1S/C50H63FN8O16/c1-59(22-18-29(19-23-59)25-34(60)11-12-36(47(69)70)54-41(61)15-13-37(48(71)72)56-44(65)33-17-21-52-40(51)27-33)28-42(62)55-39(26-30-9-10-31-6-2-3-7-32(31)24-30)45(66)53-20-5-4-8-35(46(67)68)57-50(75)58-38(49(73)74)14-16-43(63)64/h2-3,6-7,9-10,17,21,24,27,29,35-39H,4-5,8,11-16,18-20,22-23,25-26,28H2,1H3,(H10-,53,54,55,56,57,58,61,62,63,64,65,66,67,68,69,70,71,72,73,74,75)/p+1/i51-1. The van der Waals surface area contributed by atoms with Crippen LogP contribution in [0, 0.1) is 11.9 Å². The van der Waals surface area contributed by atoms with Gasteiger partial charge in [-0.3, -0.25) is 28.8 Å². The second kappa shape index (κ2) is 29.0. The normalized spacial score (nSPS) is 17.1. The number of aliphatic carboxylic acids is 5. The van der Waals surface area contributed by atoms with Crippen LogP contribution in [0.2, 0.25) is 0 Å². The zero-order chi connectivity index (χ0) is 55.2. The minimum Gasteiger partial charge on any atom is -0.481 e. The minimum atomic E-state index is -1.56. The molecule has 2 heterocycles. The molecule has 0 radical (unpaired) electrons. The number of benzene rings is 2. The topological polar surface area (TPSA) is 374 Å². The number of Topliss-reactive ketones (excluding diaryl/α,β-unsaturated/α-hetero) is 1. The van der Waals surface area contributed by atoms with E-state index in [4.69, 9.17) is 5.11 Å².